The minimum Gasteiger partial charge on any atom is -0.369 e. The third-order valence-electron chi connectivity index (χ3n) is 3.27. The minimum absolute atomic E-state index is 0.0593. The second kappa shape index (κ2) is 6.33. The van der Waals surface area contributed by atoms with E-state index in [2.05, 4.69) is 4.84 Å². The normalized spacial score (nSPS) is 17.1. The van der Waals surface area contributed by atoms with Gasteiger partial charge in [-0.25, -0.2) is 0 Å². The molecule has 1 aromatic rings. The van der Waals surface area contributed by atoms with Crippen molar-refractivity contribution in [3.63, 3.8) is 0 Å². The maximum absolute atomic E-state index is 12.1. The van der Waals surface area contributed by atoms with Gasteiger partial charge in [-0.1, -0.05) is 18.2 Å². The van der Waals surface area contributed by atoms with Crippen molar-refractivity contribution in [1.29, 1.82) is 0 Å². The van der Waals surface area contributed by atoms with Crippen LogP contribution >= 0.6 is 0 Å². The Morgan fingerprint density at radius 2 is 2.05 bits per heavy atom. The lowest BCUT2D eigenvalue weighted by Crippen LogP contribution is -2.29. The number of hydrogen-bond acceptors (Lipinski definition) is 5. The average Bonchev–Trinajstić information content (AvgIpc) is 2.67. The maximum Gasteiger partial charge on any atom is 0.294 e. The molecular weight excluding hydrogens is 264 g/mol. The smallest absolute Gasteiger partial charge is 0.294 e. The molecule has 0 aliphatic carbocycles. The first-order chi connectivity index (χ1) is 9.61. The predicted molar refractivity (Wildman–Crippen MR) is 69.2 cm³/mol. The SMILES string of the molecule is O=C1c2ccccc2C(O)N1CCCCCO[N+](=O)[O-]. The molecule has 0 saturated heterocycles. The fraction of sp³-hybridized carbons (Fsp3) is 0.462. The van der Waals surface area contributed by atoms with E-state index in [0.29, 0.717) is 36.9 Å². The van der Waals surface area contributed by atoms with E-state index in [1.165, 1.54) is 4.90 Å². The third kappa shape index (κ3) is 3.05. The van der Waals surface area contributed by atoms with Gasteiger partial charge in [-0.3, -0.25) is 4.79 Å². The molecule has 1 aliphatic rings. The molecule has 0 aromatic heterocycles. The number of carbonyl (C=O) groups is 1. The summed E-state index contributed by atoms with van der Waals surface area (Å²) in [4.78, 5) is 27.6. The van der Waals surface area contributed by atoms with E-state index in [9.17, 15) is 20.0 Å². The summed E-state index contributed by atoms with van der Waals surface area (Å²) in [6, 6.07) is 6.99. The molecule has 0 bridgehead atoms. The van der Waals surface area contributed by atoms with Crippen LogP contribution in [0.4, 0.5) is 0 Å². The largest absolute Gasteiger partial charge is 0.369 e. The van der Waals surface area contributed by atoms with E-state index in [0.717, 1.165) is 0 Å². The van der Waals surface area contributed by atoms with E-state index in [1.54, 1.807) is 24.3 Å². The van der Waals surface area contributed by atoms with Gasteiger partial charge in [0.15, 0.2) is 6.23 Å². The zero-order valence-electron chi connectivity index (χ0n) is 10.9. The van der Waals surface area contributed by atoms with Gasteiger partial charge in [0.1, 0.15) is 0 Å². The van der Waals surface area contributed by atoms with Crippen molar-refractivity contribution in [3.8, 4) is 0 Å². The van der Waals surface area contributed by atoms with Crippen LogP contribution < -0.4 is 0 Å². The molecule has 2 rings (SSSR count). The van der Waals surface area contributed by atoms with E-state index < -0.39 is 11.3 Å². The second-order valence-electron chi connectivity index (χ2n) is 4.58. The van der Waals surface area contributed by atoms with Gasteiger partial charge in [-0.2, -0.15) is 0 Å². The summed E-state index contributed by atoms with van der Waals surface area (Å²) in [5.41, 5.74) is 1.17. The van der Waals surface area contributed by atoms with Crippen molar-refractivity contribution >= 4 is 5.91 Å². The Bertz CT molecular complexity index is 505. The van der Waals surface area contributed by atoms with Crippen LogP contribution in [0, 0.1) is 10.1 Å². The summed E-state index contributed by atoms with van der Waals surface area (Å²) in [5.74, 6) is -0.172. The molecule has 20 heavy (non-hydrogen) atoms. The standard InChI is InChI=1S/C13H16N2O5/c16-12-10-6-2-3-7-11(10)13(17)14(12)8-4-1-5-9-20-15(18)19/h2-3,6-7,12,16H,1,4-5,8-9H2. The summed E-state index contributed by atoms with van der Waals surface area (Å²) in [7, 11) is 0. The second-order valence-corrected chi connectivity index (χ2v) is 4.58. The van der Waals surface area contributed by atoms with Gasteiger partial charge in [0.2, 0.25) is 0 Å². The first kappa shape index (κ1) is 14.3. The molecule has 1 aliphatic heterocycles. The number of aliphatic hydroxyl groups excluding tert-OH is 1. The van der Waals surface area contributed by atoms with Crippen molar-refractivity contribution in [1.82, 2.24) is 4.90 Å². The molecule has 0 saturated carbocycles. The van der Waals surface area contributed by atoms with E-state index in [1.807, 2.05) is 0 Å². The zero-order chi connectivity index (χ0) is 14.5. The molecule has 1 atom stereocenters. The topological polar surface area (TPSA) is 92.9 Å². The summed E-state index contributed by atoms with van der Waals surface area (Å²) in [6.07, 6.45) is 1.01. The fourth-order valence-electron chi connectivity index (χ4n) is 2.27. The van der Waals surface area contributed by atoms with Crippen LogP contribution in [0.5, 0.6) is 0 Å². The number of amides is 1. The number of rotatable bonds is 7. The Kier molecular flexibility index (Phi) is 4.52. The van der Waals surface area contributed by atoms with Gasteiger partial charge in [0.25, 0.3) is 11.0 Å². The van der Waals surface area contributed by atoms with E-state index >= 15 is 0 Å². The quantitative estimate of drug-likeness (QED) is 0.464. The van der Waals surface area contributed by atoms with E-state index in [4.69, 9.17) is 0 Å². The van der Waals surface area contributed by atoms with Crippen LogP contribution in [0.15, 0.2) is 24.3 Å². The summed E-state index contributed by atoms with van der Waals surface area (Å²) >= 11 is 0. The summed E-state index contributed by atoms with van der Waals surface area (Å²) < 4.78 is 0. The highest BCUT2D eigenvalue weighted by molar-refractivity contribution is 5.98. The molecule has 0 spiro atoms. The minimum atomic E-state index is -0.895. The Balaban J connectivity index is 1.78. The van der Waals surface area contributed by atoms with Crippen LogP contribution in [-0.2, 0) is 4.84 Å². The molecule has 1 aromatic carbocycles. The molecule has 7 heteroatoms. The van der Waals surface area contributed by atoms with Crippen LogP contribution in [0.1, 0.15) is 41.4 Å². The third-order valence-corrected chi connectivity index (χ3v) is 3.27. The monoisotopic (exact) mass is 280 g/mol. The maximum atomic E-state index is 12.1. The molecule has 0 radical (unpaired) electrons. The van der Waals surface area contributed by atoms with Gasteiger partial charge in [0.05, 0.1) is 6.61 Å². The molecule has 1 N–H and O–H groups in total. The predicted octanol–water partition coefficient (Wildman–Crippen LogP) is 1.51. The Hall–Kier alpha value is -2.15. The van der Waals surface area contributed by atoms with Crippen molar-refractivity contribution in [2.45, 2.75) is 25.5 Å². The number of nitrogens with zero attached hydrogens (tertiary/aromatic N) is 2. The van der Waals surface area contributed by atoms with Crippen molar-refractivity contribution < 1.29 is 19.8 Å². The lowest BCUT2D eigenvalue weighted by molar-refractivity contribution is -0.757. The van der Waals surface area contributed by atoms with Crippen LogP contribution in [-0.4, -0.2) is 34.2 Å². The van der Waals surface area contributed by atoms with Crippen LogP contribution in [0.25, 0.3) is 0 Å². The lowest BCUT2D eigenvalue weighted by Gasteiger charge is -2.20. The number of aliphatic hydroxyl groups is 1. The molecule has 1 amide bonds. The van der Waals surface area contributed by atoms with Gasteiger partial charge in [-0.05, 0) is 25.3 Å². The Morgan fingerprint density at radius 3 is 2.75 bits per heavy atom. The Labute approximate surface area is 115 Å². The van der Waals surface area contributed by atoms with Crippen molar-refractivity contribution in [2.75, 3.05) is 13.2 Å². The van der Waals surface area contributed by atoms with Crippen molar-refractivity contribution in [2.24, 2.45) is 0 Å². The van der Waals surface area contributed by atoms with Crippen molar-refractivity contribution in [3.05, 3.63) is 45.5 Å². The lowest BCUT2D eigenvalue weighted by atomic mass is 10.1. The van der Waals surface area contributed by atoms with E-state index in [-0.39, 0.29) is 12.5 Å². The number of carbonyl (C=O) groups excluding carboxylic acids is 1. The molecule has 7 nitrogen and oxygen atoms in total. The highest BCUT2D eigenvalue weighted by atomic mass is 16.9. The summed E-state index contributed by atoms with van der Waals surface area (Å²) in [5, 5.41) is 19.2. The van der Waals surface area contributed by atoms with Gasteiger partial charge in [-0.15, -0.1) is 10.1 Å². The zero-order valence-corrected chi connectivity index (χ0v) is 10.9. The molecular formula is C13H16N2O5. The first-order valence-electron chi connectivity index (χ1n) is 6.46. The number of unbranched alkanes of at least 4 members (excludes halogenated alkanes) is 2. The van der Waals surface area contributed by atoms with Crippen LogP contribution in [0.3, 0.4) is 0 Å². The number of benzene rings is 1. The molecule has 108 valence electrons. The average molecular weight is 280 g/mol. The highest BCUT2D eigenvalue weighted by Gasteiger charge is 2.34. The fourth-order valence-corrected chi connectivity index (χ4v) is 2.27. The molecule has 0 fully saturated rings. The number of fused-ring (bicyclic) bond motifs is 1. The molecule has 1 heterocycles. The molecule has 1 unspecified atom stereocenters. The summed E-state index contributed by atoms with van der Waals surface area (Å²) in [6.45, 7) is 0.483. The van der Waals surface area contributed by atoms with Crippen LogP contribution in [0.2, 0.25) is 0 Å². The highest BCUT2D eigenvalue weighted by Crippen LogP contribution is 2.31. The Morgan fingerprint density at radius 1 is 1.30 bits per heavy atom. The van der Waals surface area contributed by atoms with Gasteiger partial charge >= 0.3 is 0 Å². The van der Waals surface area contributed by atoms with Gasteiger partial charge < -0.3 is 14.8 Å². The number of hydrogen-bond donors (Lipinski definition) is 1. The first-order valence-corrected chi connectivity index (χ1v) is 6.46. The van der Waals surface area contributed by atoms with Gasteiger partial charge in [0, 0.05) is 17.7 Å².